The first kappa shape index (κ1) is 95.8. The van der Waals surface area contributed by atoms with Crippen molar-refractivity contribution < 1.29 is 119 Å². The molecule has 96 heavy (non-hydrogen) atoms. The van der Waals surface area contributed by atoms with Gasteiger partial charge in [0.05, 0.1) is 302 Å². The van der Waals surface area contributed by atoms with Crippen LogP contribution in [0.4, 0.5) is 5.69 Å². The van der Waals surface area contributed by atoms with E-state index in [4.69, 9.17) is 155 Å². The zero-order valence-electron chi connectivity index (χ0n) is 56.5. The average molecular weight is 1410 g/mol. The Morgan fingerprint density at radius 3 is 0.802 bits per heavy atom. The Kier molecular flexibility index (Phi) is 90.5. The highest BCUT2D eigenvalue weighted by molar-refractivity contribution is 6.32. The molecule has 0 aliphatic heterocycles. The van der Waals surface area contributed by atoms with Crippen LogP contribution in [0.15, 0.2) is 28.4 Å². The van der Waals surface area contributed by atoms with Gasteiger partial charge in [-0.2, -0.15) is 0 Å². The van der Waals surface area contributed by atoms with Crippen LogP contribution in [-0.2, 0) is 109 Å². The van der Waals surface area contributed by atoms with E-state index in [1.807, 2.05) is 0 Å². The van der Waals surface area contributed by atoms with Gasteiger partial charge >= 0.3 is 0 Å². The van der Waals surface area contributed by atoms with Crippen LogP contribution in [0.2, 0.25) is 5.02 Å². The van der Waals surface area contributed by atoms with Gasteiger partial charge in [0, 0.05) is 35.5 Å². The van der Waals surface area contributed by atoms with Gasteiger partial charge in [-0.3, -0.25) is 10.1 Å². The Hall–Kier alpha value is -4.35. The van der Waals surface area contributed by atoms with Crippen LogP contribution < -0.4 is 5.73 Å². The van der Waals surface area contributed by atoms with Crippen LogP contribution in [0.5, 0.6) is 0 Å². The molecule has 0 saturated carbocycles. The second-order valence-corrected chi connectivity index (χ2v) is 18.4. The molecule has 0 atom stereocenters. The number of terminal acetylenes is 2. The predicted molar refractivity (Wildman–Crippen MR) is 354 cm³/mol. The van der Waals surface area contributed by atoms with E-state index in [1.54, 1.807) is 13.0 Å². The number of nitrogens with two attached hydrogens (primary N) is 1. The summed E-state index contributed by atoms with van der Waals surface area (Å²) in [6.45, 7) is 25.7. The number of hydrogen-bond acceptors (Lipinski definition) is 29. The molecule has 1 aromatic carbocycles. The summed E-state index contributed by atoms with van der Waals surface area (Å²) in [5.74, 6) is 4.78. The van der Waals surface area contributed by atoms with Gasteiger partial charge in [0.1, 0.15) is 18.2 Å². The van der Waals surface area contributed by atoms with Gasteiger partial charge in [0.2, 0.25) is 0 Å². The molecular weight excluding hydrogens is 1300 g/mol. The van der Waals surface area contributed by atoms with Crippen molar-refractivity contribution in [1.29, 1.82) is 0 Å². The van der Waals surface area contributed by atoms with E-state index in [2.05, 4.69) is 31.9 Å². The van der Waals surface area contributed by atoms with E-state index >= 15 is 0 Å². The molecule has 3 N–H and O–H groups in total. The number of benzene rings is 1. The van der Waals surface area contributed by atoms with E-state index in [9.17, 15) is 10.1 Å². The number of rotatable bonds is 73. The minimum atomic E-state index is -0.491. The highest BCUT2D eigenvalue weighted by atomic mass is 35.5. The molecule has 0 aliphatic rings. The summed E-state index contributed by atoms with van der Waals surface area (Å²) in [5.41, 5.74) is 22.3. The largest absolute Gasteiger partial charge is 0.394 e. The monoisotopic (exact) mass is 1410 g/mol. The third-order valence-corrected chi connectivity index (χ3v) is 10.7. The molecule has 35 heteroatoms. The number of aliphatic hydroxyl groups excluding tert-OH is 1. The zero-order chi connectivity index (χ0) is 70.3. The average Bonchev–Trinajstić information content (AvgIpc) is 0.986. The molecule has 1 rings (SSSR count). The predicted octanol–water partition coefficient (Wildman–Crippen LogP) is 3.74. The van der Waals surface area contributed by atoms with Crippen LogP contribution in [0.25, 0.3) is 20.9 Å². The zero-order valence-corrected chi connectivity index (χ0v) is 57.2. The number of azide groups is 2. The minimum absolute atomic E-state index is 0.0274. The Balaban J connectivity index is -0.00000125. The number of aliphatic hydroxyl groups is 1. The van der Waals surface area contributed by atoms with Gasteiger partial charge in [-0.15, -0.1) is 12.8 Å². The van der Waals surface area contributed by atoms with E-state index in [-0.39, 0.29) is 17.3 Å². The molecule has 1 aromatic rings. The topological polar surface area (TPSA) is 399 Å². The van der Waals surface area contributed by atoms with Crippen molar-refractivity contribution in [2.24, 2.45) is 16.0 Å². The lowest BCUT2D eigenvalue weighted by atomic mass is 10.2. The first-order valence-electron chi connectivity index (χ1n) is 31.7. The maximum absolute atomic E-state index is 10.3. The second kappa shape index (κ2) is 90.6. The number of halogens is 1. The molecule has 0 aromatic heterocycles. The summed E-state index contributed by atoms with van der Waals surface area (Å²) < 4.78 is 122. The fourth-order valence-corrected chi connectivity index (χ4v) is 6.16. The second-order valence-electron chi connectivity index (χ2n) is 18.0. The lowest BCUT2D eigenvalue weighted by molar-refractivity contribution is -0.384. The van der Waals surface area contributed by atoms with Crippen molar-refractivity contribution in [3.63, 3.8) is 0 Å². The van der Waals surface area contributed by atoms with Crippen molar-refractivity contribution in [3.8, 4) is 24.7 Å². The fraction of sp³-hybridized carbons (Fsp3) is 0.836. The molecule has 558 valence electrons. The van der Waals surface area contributed by atoms with E-state index in [0.717, 1.165) is 5.56 Å². The molecule has 0 spiro atoms. The summed E-state index contributed by atoms with van der Waals surface area (Å²) in [6, 6.07) is 4.70. The van der Waals surface area contributed by atoms with Gasteiger partial charge in [0.15, 0.2) is 0 Å². The Morgan fingerprint density at radius 2 is 0.615 bits per heavy atom. The Labute approximate surface area is 571 Å². The molecule has 0 bridgehead atoms. The van der Waals surface area contributed by atoms with Crippen molar-refractivity contribution in [2.75, 3.05) is 330 Å². The molecule has 0 aliphatic carbocycles. The Bertz CT molecular complexity index is 1920. The van der Waals surface area contributed by atoms with E-state index in [0.29, 0.717) is 324 Å². The number of aryl methyl sites for hydroxylation is 1. The van der Waals surface area contributed by atoms with Crippen LogP contribution in [0.3, 0.4) is 0 Å². The normalized spacial score (nSPS) is 10.7. The molecule has 0 saturated heterocycles. The van der Waals surface area contributed by atoms with E-state index < -0.39 is 4.92 Å². The third kappa shape index (κ3) is 89.6. The number of nitrogens with zero attached hydrogens (tertiary/aromatic N) is 7. The van der Waals surface area contributed by atoms with Crippen molar-refractivity contribution in [1.82, 2.24) is 0 Å². The van der Waals surface area contributed by atoms with Crippen molar-refractivity contribution in [2.45, 2.75) is 6.92 Å². The minimum Gasteiger partial charge on any atom is -0.394 e. The number of nitro benzene ring substituents is 1. The summed E-state index contributed by atoms with van der Waals surface area (Å²) in [5, 5.41) is 25.7. The molecule has 0 radical (unpaired) electrons. The van der Waals surface area contributed by atoms with Gasteiger partial charge in [-0.05, 0) is 29.6 Å². The van der Waals surface area contributed by atoms with Crippen LogP contribution >= 0.6 is 11.6 Å². The third-order valence-electron chi connectivity index (χ3n) is 10.4. The van der Waals surface area contributed by atoms with Crippen molar-refractivity contribution in [3.05, 3.63) is 59.8 Å². The van der Waals surface area contributed by atoms with Crippen LogP contribution in [-0.4, -0.2) is 340 Å². The van der Waals surface area contributed by atoms with Crippen LogP contribution in [0.1, 0.15) is 5.56 Å². The highest BCUT2D eigenvalue weighted by Gasteiger charge is 2.10. The van der Waals surface area contributed by atoms with Crippen molar-refractivity contribution >= 4 is 17.3 Å². The number of ether oxygens (including phenoxy) is 23. The molecule has 0 fully saturated rings. The van der Waals surface area contributed by atoms with Gasteiger partial charge in [-0.1, -0.05) is 39.7 Å². The maximum atomic E-state index is 10.3. The van der Waals surface area contributed by atoms with E-state index in [1.165, 1.54) is 12.1 Å². The van der Waals surface area contributed by atoms with Gasteiger partial charge in [-0.25, -0.2) is 0 Å². The number of hydrogen-bond donors (Lipinski definition) is 2. The molecule has 0 amide bonds. The standard InChI is InChI=1S/C19H35N3O8.C19H37NO8.C16H33N3O8.C7H6ClNO2/c1-2-4-23-6-8-25-10-12-27-14-16-29-18-19-30-17-15-28-13-11-26-9-7-24-5-3-21-22-20;1-2-4-21-6-8-23-10-12-25-14-16-27-18-19-28-17-15-26-13-11-24-9-7-22-5-3-20;17-19-18-1-3-21-5-7-23-9-11-25-13-15-27-16-14-26-12-10-24-8-6-22-4-2-20;1-5-2-3-6(8)7(4-5)9(10)11/h1H,3-19H2;1H,3-20H2;20H,1-16H2;2-4H,1H3. The summed E-state index contributed by atoms with van der Waals surface area (Å²) >= 11 is 5.55. The lowest BCUT2D eigenvalue weighted by Crippen LogP contribution is -2.15. The van der Waals surface area contributed by atoms with Gasteiger partial charge < -0.3 is 120 Å². The lowest BCUT2D eigenvalue weighted by Gasteiger charge is -2.08. The molecular formula is C61H111ClN8O26. The Morgan fingerprint density at radius 1 is 0.406 bits per heavy atom. The fourth-order valence-electron chi connectivity index (χ4n) is 5.97. The SMILES string of the molecule is C#CCOCCOCCOCCOCCOCCOCCOCCOCCN.C#CCOCCOCCOCCOCCOCCOCCOCCOCCN=[N+]=[N-].Cc1ccc(Cl)c([N+](=O)[O-])c1.[N-]=[N+]=NCCOCCOCCOCCOCCOCCOCCOCCO. The van der Waals surface area contributed by atoms with Crippen LogP contribution in [0, 0.1) is 41.7 Å². The first-order valence-corrected chi connectivity index (χ1v) is 32.1. The smallest absolute Gasteiger partial charge is 0.288 e. The summed E-state index contributed by atoms with van der Waals surface area (Å²) in [7, 11) is 0. The first-order chi connectivity index (χ1) is 47.4. The molecule has 0 unspecified atom stereocenters. The highest BCUT2D eigenvalue weighted by Crippen LogP contribution is 2.24. The molecule has 0 heterocycles. The molecule has 34 nitrogen and oxygen atoms in total. The summed E-state index contributed by atoms with van der Waals surface area (Å²) in [4.78, 5) is 15.1. The quantitative estimate of drug-likeness (QED) is 0.0178. The number of nitro groups is 1. The maximum Gasteiger partial charge on any atom is 0.288 e. The van der Waals surface area contributed by atoms with Gasteiger partial charge in [0.25, 0.3) is 5.69 Å². The summed E-state index contributed by atoms with van der Waals surface area (Å²) in [6.07, 6.45) is 10.1.